The molecule has 0 saturated carbocycles. The number of nitrogens with one attached hydrogen (secondary N) is 1. The Kier molecular flexibility index (Phi) is 6.43. The van der Waals surface area contributed by atoms with Gasteiger partial charge in [0, 0.05) is 57.2 Å². The van der Waals surface area contributed by atoms with Gasteiger partial charge >= 0.3 is 6.03 Å². The predicted octanol–water partition coefficient (Wildman–Crippen LogP) is 3.12. The maximum Gasteiger partial charge on any atom is 0.317 e. The number of para-hydroxylation sites is 1. The summed E-state index contributed by atoms with van der Waals surface area (Å²) < 4.78 is 5.42. The van der Waals surface area contributed by atoms with Crippen LogP contribution in [0.4, 0.5) is 16.2 Å². The fraction of sp³-hybridized carbons (Fsp3) is 0.458. The third kappa shape index (κ3) is 4.70. The molecule has 6 heteroatoms. The van der Waals surface area contributed by atoms with Gasteiger partial charge in [0.05, 0.1) is 13.2 Å². The van der Waals surface area contributed by atoms with Crippen LogP contribution in [0.25, 0.3) is 0 Å². The summed E-state index contributed by atoms with van der Waals surface area (Å²) in [6, 6.07) is 17.5. The number of carbonyl (C=O) groups is 1. The van der Waals surface area contributed by atoms with E-state index in [1.807, 2.05) is 7.05 Å². The number of urea groups is 1. The van der Waals surface area contributed by atoms with Crippen molar-refractivity contribution in [3.63, 3.8) is 0 Å². The summed E-state index contributed by atoms with van der Waals surface area (Å²) in [5, 5.41) is 3.07. The van der Waals surface area contributed by atoms with Crippen molar-refractivity contribution < 1.29 is 9.53 Å². The number of nitrogens with zero attached hydrogens (tertiary/aromatic N) is 3. The molecule has 2 amide bonds. The maximum absolute atomic E-state index is 12.5. The second kappa shape index (κ2) is 9.39. The molecule has 0 aromatic heterocycles. The van der Waals surface area contributed by atoms with Crippen molar-refractivity contribution in [1.29, 1.82) is 0 Å². The number of hydrogen-bond acceptors (Lipinski definition) is 4. The molecule has 1 N–H and O–H groups in total. The Balaban J connectivity index is 1.24. The molecule has 0 bridgehead atoms. The van der Waals surface area contributed by atoms with Gasteiger partial charge in [0.25, 0.3) is 0 Å². The van der Waals surface area contributed by atoms with Crippen LogP contribution in [-0.4, -0.2) is 63.4 Å². The van der Waals surface area contributed by atoms with E-state index in [1.165, 1.54) is 16.9 Å². The third-order valence-electron chi connectivity index (χ3n) is 6.06. The molecule has 2 heterocycles. The molecule has 2 aromatic rings. The van der Waals surface area contributed by atoms with E-state index in [-0.39, 0.29) is 6.03 Å². The molecule has 0 spiro atoms. The lowest BCUT2D eigenvalue weighted by Crippen LogP contribution is -2.42. The van der Waals surface area contributed by atoms with Crippen molar-refractivity contribution in [3.05, 3.63) is 59.7 Å². The molecule has 160 valence electrons. The van der Waals surface area contributed by atoms with E-state index in [1.54, 1.807) is 4.90 Å². The van der Waals surface area contributed by atoms with Crippen LogP contribution < -0.4 is 15.1 Å². The van der Waals surface area contributed by atoms with Gasteiger partial charge in [-0.2, -0.15) is 0 Å². The summed E-state index contributed by atoms with van der Waals surface area (Å²) in [5.74, 6) is 0. The number of amides is 2. The summed E-state index contributed by atoms with van der Waals surface area (Å²) in [6.07, 6.45) is 1.07. The zero-order valence-corrected chi connectivity index (χ0v) is 18.0. The fourth-order valence-corrected chi connectivity index (χ4v) is 4.37. The van der Waals surface area contributed by atoms with Crippen molar-refractivity contribution in [2.75, 3.05) is 56.2 Å². The Morgan fingerprint density at radius 3 is 2.63 bits per heavy atom. The first kappa shape index (κ1) is 20.5. The monoisotopic (exact) mass is 408 g/mol. The quantitative estimate of drug-likeness (QED) is 0.798. The molecule has 1 unspecified atom stereocenters. The van der Waals surface area contributed by atoms with Gasteiger partial charge in [-0.1, -0.05) is 30.3 Å². The molecule has 4 rings (SSSR count). The molecule has 1 atom stereocenters. The summed E-state index contributed by atoms with van der Waals surface area (Å²) in [7, 11) is 1.85. The average molecular weight is 409 g/mol. The highest BCUT2D eigenvalue weighted by Crippen LogP contribution is 2.31. The predicted molar refractivity (Wildman–Crippen MR) is 121 cm³/mol. The Labute approximate surface area is 179 Å². The van der Waals surface area contributed by atoms with Gasteiger partial charge in [-0.3, -0.25) is 0 Å². The number of fused-ring (bicyclic) bond motifs is 1. The molecule has 2 aliphatic heterocycles. The summed E-state index contributed by atoms with van der Waals surface area (Å²) in [6.45, 7) is 7.74. The van der Waals surface area contributed by atoms with Gasteiger partial charge < -0.3 is 24.8 Å². The van der Waals surface area contributed by atoms with Crippen LogP contribution in [-0.2, 0) is 17.7 Å². The van der Waals surface area contributed by atoms with Crippen LogP contribution >= 0.6 is 0 Å². The van der Waals surface area contributed by atoms with Crippen LogP contribution in [0.5, 0.6) is 0 Å². The highest BCUT2D eigenvalue weighted by atomic mass is 16.5. The lowest BCUT2D eigenvalue weighted by atomic mass is 10.1. The van der Waals surface area contributed by atoms with E-state index < -0.39 is 0 Å². The summed E-state index contributed by atoms with van der Waals surface area (Å²) in [4.78, 5) is 19.0. The first-order chi connectivity index (χ1) is 14.6. The molecule has 6 nitrogen and oxygen atoms in total. The van der Waals surface area contributed by atoms with Crippen molar-refractivity contribution in [1.82, 2.24) is 10.2 Å². The van der Waals surface area contributed by atoms with Crippen LogP contribution in [0.3, 0.4) is 0 Å². The third-order valence-corrected chi connectivity index (χ3v) is 6.06. The van der Waals surface area contributed by atoms with E-state index in [2.05, 4.69) is 70.6 Å². The number of hydrogen-bond donors (Lipinski definition) is 1. The number of anilines is 2. The normalized spacial score (nSPS) is 18.3. The van der Waals surface area contributed by atoms with Crippen LogP contribution in [0.2, 0.25) is 0 Å². The number of carbonyl (C=O) groups excluding carboxylic acids is 1. The minimum absolute atomic E-state index is 0.0348. The molecule has 1 fully saturated rings. The molecular formula is C24H32N4O2. The Bertz CT molecular complexity index is 849. The summed E-state index contributed by atoms with van der Waals surface area (Å²) >= 11 is 0. The van der Waals surface area contributed by atoms with E-state index in [4.69, 9.17) is 4.74 Å². The molecule has 0 aliphatic carbocycles. The number of benzene rings is 2. The van der Waals surface area contributed by atoms with Crippen molar-refractivity contribution in [2.45, 2.75) is 25.9 Å². The van der Waals surface area contributed by atoms with Gasteiger partial charge in [-0.05, 0) is 42.7 Å². The molecule has 2 aliphatic rings. The molecule has 2 aromatic carbocycles. The standard InChI is InChI=1S/C24H32N4O2/c1-19-17-21-5-3-4-6-23(21)28(19)12-11-25-24(29)26(2)18-20-7-9-22(10-8-20)27-13-15-30-16-14-27/h3-10,19H,11-18H2,1-2H3,(H,25,29). The fourth-order valence-electron chi connectivity index (χ4n) is 4.37. The van der Waals surface area contributed by atoms with Crippen molar-refractivity contribution >= 4 is 17.4 Å². The SMILES string of the molecule is CC1Cc2ccccc2N1CCNC(=O)N(C)Cc1ccc(N2CCOCC2)cc1. The second-order valence-electron chi connectivity index (χ2n) is 8.23. The zero-order valence-electron chi connectivity index (χ0n) is 18.0. The van der Waals surface area contributed by atoms with E-state index >= 15 is 0 Å². The molecular weight excluding hydrogens is 376 g/mol. The maximum atomic E-state index is 12.5. The van der Waals surface area contributed by atoms with Crippen molar-refractivity contribution in [2.24, 2.45) is 0 Å². The first-order valence-electron chi connectivity index (χ1n) is 10.9. The topological polar surface area (TPSA) is 48.1 Å². The van der Waals surface area contributed by atoms with Crippen molar-refractivity contribution in [3.8, 4) is 0 Å². The first-order valence-corrected chi connectivity index (χ1v) is 10.9. The number of ether oxygens (including phenoxy) is 1. The Morgan fingerprint density at radius 1 is 1.13 bits per heavy atom. The van der Waals surface area contributed by atoms with E-state index in [0.29, 0.717) is 19.1 Å². The average Bonchev–Trinajstić information content (AvgIpc) is 3.10. The second-order valence-corrected chi connectivity index (χ2v) is 8.23. The minimum atomic E-state index is -0.0348. The van der Waals surface area contributed by atoms with E-state index in [0.717, 1.165) is 44.8 Å². The van der Waals surface area contributed by atoms with Gasteiger partial charge in [0.1, 0.15) is 0 Å². The Hall–Kier alpha value is -2.73. The minimum Gasteiger partial charge on any atom is -0.378 e. The molecule has 1 saturated heterocycles. The lowest BCUT2D eigenvalue weighted by Gasteiger charge is -2.29. The Morgan fingerprint density at radius 2 is 1.87 bits per heavy atom. The highest BCUT2D eigenvalue weighted by molar-refractivity contribution is 5.74. The number of morpholine rings is 1. The molecule has 30 heavy (non-hydrogen) atoms. The molecule has 0 radical (unpaired) electrons. The number of rotatable bonds is 6. The van der Waals surface area contributed by atoms with Gasteiger partial charge in [0.2, 0.25) is 0 Å². The smallest absolute Gasteiger partial charge is 0.317 e. The summed E-state index contributed by atoms with van der Waals surface area (Å²) in [5.41, 5.74) is 5.04. The van der Waals surface area contributed by atoms with Gasteiger partial charge in [-0.15, -0.1) is 0 Å². The van der Waals surface area contributed by atoms with E-state index in [9.17, 15) is 4.79 Å². The highest BCUT2D eigenvalue weighted by Gasteiger charge is 2.25. The van der Waals surface area contributed by atoms with Crippen LogP contribution in [0.1, 0.15) is 18.1 Å². The zero-order chi connectivity index (χ0) is 20.9. The van der Waals surface area contributed by atoms with Gasteiger partial charge in [0.15, 0.2) is 0 Å². The van der Waals surface area contributed by atoms with Crippen LogP contribution in [0, 0.1) is 0 Å². The van der Waals surface area contributed by atoms with Crippen LogP contribution in [0.15, 0.2) is 48.5 Å². The van der Waals surface area contributed by atoms with Gasteiger partial charge in [-0.25, -0.2) is 4.79 Å². The lowest BCUT2D eigenvalue weighted by molar-refractivity contribution is 0.122. The largest absolute Gasteiger partial charge is 0.378 e.